The van der Waals surface area contributed by atoms with Gasteiger partial charge in [-0.15, -0.1) is 23.2 Å². The molecule has 1 saturated carbocycles. The monoisotopic (exact) mass is 658 g/mol. The highest BCUT2D eigenvalue weighted by molar-refractivity contribution is 9.09. The molecule has 4 aliphatic rings. The van der Waals surface area contributed by atoms with Crippen molar-refractivity contribution in [3.05, 3.63) is 71.8 Å². The number of likely N-dealkylation sites (tertiary alicyclic amines) is 1. The van der Waals surface area contributed by atoms with Crippen LogP contribution in [0.25, 0.3) is 6.08 Å². The predicted molar refractivity (Wildman–Crippen MR) is 157 cm³/mol. The summed E-state index contributed by atoms with van der Waals surface area (Å²) in [6.45, 7) is 3.74. The highest BCUT2D eigenvalue weighted by atomic mass is 79.9. The van der Waals surface area contributed by atoms with Crippen molar-refractivity contribution in [1.82, 2.24) is 4.90 Å². The molecule has 3 fully saturated rings. The molecule has 0 radical (unpaired) electrons. The number of halogens is 3. The highest BCUT2D eigenvalue weighted by Gasteiger charge is 2.76. The number of aromatic hydroxyl groups is 1. The van der Waals surface area contributed by atoms with E-state index in [0.29, 0.717) is 16.8 Å². The Balaban J connectivity index is 1.51. The van der Waals surface area contributed by atoms with E-state index in [4.69, 9.17) is 27.9 Å². The first-order valence-electron chi connectivity index (χ1n) is 13.0. The largest absolute Gasteiger partial charge is 0.504 e. The molecule has 4 amide bonds. The number of imide groups is 2. The van der Waals surface area contributed by atoms with Gasteiger partial charge in [0.25, 0.3) is 11.8 Å². The van der Waals surface area contributed by atoms with Crippen molar-refractivity contribution in [3.63, 3.8) is 0 Å². The summed E-state index contributed by atoms with van der Waals surface area (Å²) in [5.41, 5.74) is 2.33. The van der Waals surface area contributed by atoms with Crippen LogP contribution in [0.3, 0.4) is 0 Å². The second-order valence-corrected chi connectivity index (χ2v) is 12.5. The summed E-state index contributed by atoms with van der Waals surface area (Å²) in [7, 11) is 1.39. The minimum Gasteiger partial charge on any atom is -0.504 e. The topological polar surface area (TPSA) is 104 Å². The molecular formula is C30H25BrCl2N2O6. The molecule has 41 heavy (non-hydrogen) atoms. The normalized spacial score (nSPS) is 32.4. The van der Waals surface area contributed by atoms with E-state index in [2.05, 4.69) is 22.5 Å². The van der Waals surface area contributed by atoms with Gasteiger partial charge in [0.2, 0.25) is 11.8 Å². The highest BCUT2D eigenvalue weighted by Crippen LogP contribution is 2.65. The van der Waals surface area contributed by atoms with Crippen LogP contribution < -0.4 is 9.64 Å². The summed E-state index contributed by atoms with van der Waals surface area (Å²) < 4.78 is 5.33. The summed E-state index contributed by atoms with van der Waals surface area (Å²) in [6.07, 6.45) is 3.68. The molecule has 212 valence electrons. The maximum Gasteiger partial charge on any atom is 0.254 e. The van der Waals surface area contributed by atoms with Crippen molar-refractivity contribution >= 4 is 74.5 Å². The molecule has 11 heteroatoms. The van der Waals surface area contributed by atoms with E-state index in [1.54, 1.807) is 42.5 Å². The second-order valence-electron chi connectivity index (χ2n) is 10.7. The first-order valence-corrected chi connectivity index (χ1v) is 14.9. The molecular weight excluding hydrogens is 635 g/mol. The number of rotatable bonds is 5. The number of alkyl halides is 3. The average molecular weight is 660 g/mol. The van der Waals surface area contributed by atoms with Crippen LogP contribution in [0.4, 0.5) is 5.69 Å². The number of hydrogen-bond acceptors (Lipinski definition) is 6. The Hall–Kier alpha value is -3.14. The van der Waals surface area contributed by atoms with E-state index in [9.17, 15) is 24.3 Å². The fourth-order valence-electron chi connectivity index (χ4n) is 7.01. The van der Waals surface area contributed by atoms with E-state index in [0.717, 1.165) is 10.5 Å². The van der Waals surface area contributed by atoms with Crippen LogP contribution in [0.15, 0.2) is 60.7 Å². The van der Waals surface area contributed by atoms with E-state index in [1.807, 2.05) is 6.08 Å². The number of methoxy groups -OCH3 is 1. The number of allylic oxidation sites excluding steroid dienone is 2. The van der Waals surface area contributed by atoms with E-state index >= 15 is 0 Å². The van der Waals surface area contributed by atoms with E-state index in [-0.39, 0.29) is 41.6 Å². The van der Waals surface area contributed by atoms with Gasteiger partial charge < -0.3 is 9.84 Å². The summed E-state index contributed by atoms with van der Waals surface area (Å²) in [6, 6.07) is 11.5. The quantitative estimate of drug-likeness (QED) is 0.211. The van der Waals surface area contributed by atoms with Crippen molar-refractivity contribution in [3.8, 4) is 11.5 Å². The van der Waals surface area contributed by atoms with Gasteiger partial charge in [-0.3, -0.25) is 29.0 Å². The maximum absolute atomic E-state index is 14.0. The summed E-state index contributed by atoms with van der Waals surface area (Å²) in [4.78, 5) is 53.6. The van der Waals surface area contributed by atoms with Crippen molar-refractivity contribution < 1.29 is 29.0 Å². The van der Waals surface area contributed by atoms with Crippen LogP contribution in [0, 0.1) is 17.8 Å². The molecule has 2 heterocycles. The number of fused-ring (bicyclic) bond motifs is 4. The van der Waals surface area contributed by atoms with Crippen molar-refractivity contribution in [2.45, 2.75) is 28.5 Å². The van der Waals surface area contributed by atoms with Gasteiger partial charge in [0.1, 0.15) is 0 Å². The Morgan fingerprint density at radius 2 is 1.78 bits per heavy atom. The molecule has 6 rings (SSSR count). The zero-order chi connectivity index (χ0) is 29.4. The number of benzene rings is 2. The third kappa shape index (κ3) is 3.64. The van der Waals surface area contributed by atoms with Gasteiger partial charge in [0.15, 0.2) is 21.2 Å². The molecule has 0 unspecified atom stereocenters. The van der Waals surface area contributed by atoms with E-state index in [1.165, 1.54) is 18.1 Å². The number of carbonyl (C=O) groups is 4. The Kier molecular flexibility index (Phi) is 6.63. The summed E-state index contributed by atoms with van der Waals surface area (Å²) >= 11 is 17.7. The molecule has 0 bridgehead atoms. The van der Waals surface area contributed by atoms with Gasteiger partial charge in [-0.1, -0.05) is 58.4 Å². The van der Waals surface area contributed by atoms with Gasteiger partial charge in [0, 0.05) is 5.92 Å². The number of anilines is 1. The average Bonchev–Trinajstić information content (AvgIpc) is 3.31. The van der Waals surface area contributed by atoms with E-state index < -0.39 is 45.2 Å². The molecule has 2 aliphatic heterocycles. The maximum atomic E-state index is 14.0. The Morgan fingerprint density at radius 3 is 2.41 bits per heavy atom. The number of phenolic OH excluding ortho intramolecular Hbond substituents is 1. The fraction of sp³-hybridized carbons (Fsp3) is 0.333. The zero-order valence-electron chi connectivity index (χ0n) is 21.9. The fourth-order valence-corrected chi connectivity index (χ4v) is 8.44. The Morgan fingerprint density at radius 1 is 1.07 bits per heavy atom. The summed E-state index contributed by atoms with van der Waals surface area (Å²) in [5.74, 6) is -5.07. The first kappa shape index (κ1) is 28.0. The van der Waals surface area contributed by atoms with Gasteiger partial charge in [0.05, 0.1) is 30.1 Å². The standard InChI is InChI=1S/C30H25BrCl2N2O6/c1-3-15-4-7-17(8-5-15)35-25(37)19-10-9-18-20(23(19)26(35)38)13-29(32)27(39)34(14-31)28(40)30(29,33)24(18)16-6-11-21(36)22(12-16)41-2/h3-9,11-12,19-20,23-24,36H,1,10,13-14H2,2H3/t19-,20+,23-,24-,29+,30-/m0/s1. The molecule has 2 aromatic carbocycles. The minimum absolute atomic E-state index is 0.104. The molecule has 2 aliphatic carbocycles. The summed E-state index contributed by atoms with van der Waals surface area (Å²) in [5, 5.41) is 10.3. The predicted octanol–water partition coefficient (Wildman–Crippen LogP) is 4.96. The molecule has 1 N–H and O–H groups in total. The number of hydrogen-bond donors (Lipinski definition) is 1. The molecule has 0 aromatic heterocycles. The minimum atomic E-state index is -1.93. The SMILES string of the molecule is C=Cc1ccc(N2C(=O)[C@H]3[C@H](CC=C4[C@H]3C[C@@]3(Cl)C(=O)N(CBr)C(=O)[C@@]3(Cl)[C@H]4c3ccc(O)c(OC)c3)C2=O)cc1. The lowest BCUT2D eigenvalue weighted by Crippen LogP contribution is -2.60. The number of nitrogens with zero attached hydrogens (tertiary/aromatic N) is 2. The molecule has 2 aromatic rings. The smallest absolute Gasteiger partial charge is 0.254 e. The van der Waals surface area contributed by atoms with Crippen LogP contribution in [-0.2, 0) is 19.2 Å². The van der Waals surface area contributed by atoms with Crippen molar-refractivity contribution in [2.24, 2.45) is 17.8 Å². The molecule has 2 saturated heterocycles. The van der Waals surface area contributed by atoms with Gasteiger partial charge in [-0.25, -0.2) is 0 Å². The third-order valence-corrected chi connectivity index (χ3v) is 10.9. The lowest BCUT2D eigenvalue weighted by molar-refractivity contribution is -0.138. The lowest BCUT2D eigenvalue weighted by atomic mass is 9.56. The third-order valence-electron chi connectivity index (χ3n) is 8.94. The number of ether oxygens (including phenoxy) is 1. The zero-order valence-corrected chi connectivity index (χ0v) is 24.9. The second kappa shape index (κ2) is 9.71. The first-order chi connectivity index (χ1) is 19.5. The van der Waals surface area contributed by atoms with Crippen molar-refractivity contribution in [1.29, 1.82) is 0 Å². The van der Waals surface area contributed by atoms with Gasteiger partial charge in [-0.05, 0) is 54.2 Å². The van der Waals surface area contributed by atoms with Crippen LogP contribution >= 0.6 is 39.1 Å². The van der Waals surface area contributed by atoms with Crippen LogP contribution in [-0.4, -0.2) is 55.9 Å². The van der Waals surface area contributed by atoms with Gasteiger partial charge >= 0.3 is 0 Å². The van der Waals surface area contributed by atoms with Crippen LogP contribution in [0.2, 0.25) is 0 Å². The number of amides is 4. The molecule has 8 nitrogen and oxygen atoms in total. The molecule has 0 spiro atoms. The molecule has 6 atom stereocenters. The number of phenols is 1. The van der Waals surface area contributed by atoms with Crippen LogP contribution in [0.1, 0.15) is 29.9 Å². The Labute approximate surface area is 254 Å². The van der Waals surface area contributed by atoms with Crippen LogP contribution in [0.5, 0.6) is 11.5 Å². The van der Waals surface area contributed by atoms with Gasteiger partial charge in [-0.2, -0.15) is 0 Å². The Bertz CT molecular complexity index is 1560. The van der Waals surface area contributed by atoms with Crippen molar-refractivity contribution in [2.75, 3.05) is 17.5 Å². The number of carbonyl (C=O) groups excluding carboxylic acids is 4. The lowest BCUT2D eigenvalue weighted by Gasteiger charge is -2.50.